The molecule has 1 aromatic carbocycles. The van der Waals surface area contributed by atoms with E-state index in [2.05, 4.69) is 10.6 Å². The normalized spacial score (nSPS) is 20.6. The van der Waals surface area contributed by atoms with Crippen LogP contribution in [0.3, 0.4) is 0 Å². The summed E-state index contributed by atoms with van der Waals surface area (Å²) in [6.07, 6.45) is -0.549. The van der Waals surface area contributed by atoms with Gasteiger partial charge < -0.3 is 15.7 Å². The summed E-state index contributed by atoms with van der Waals surface area (Å²) >= 11 is 1.54. The van der Waals surface area contributed by atoms with Gasteiger partial charge in [-0.05, 0) is 31.7 Å². The first kappa shape index (κ1) is 12.4. The Morgan fingerprint density at radius 1 is 1.59 bits per heavy atom. The third-order valence-electron chi connectivity index (χ3n) is 2.72. The SMILES string of the molecule is CNCC(O)c1ccc2c(c1)NC(=O)C(C)S2. The number of carbonyl (C=O) groups excluding carboxylic acids is 1. The number of aliphatic hydroxyl groups is 1. The molecular formula is C12H16N2O2S. The van der Waals surface area contributed by atoms with Crippen molar-refractivity contribution in [1.29, 1.82) is 0 Å². The van der Waals surface area contributed by atoms with E-state index in [9.17, 15) is 9.90 Å². The molecule has 0 aliphatic carbocycles. The van der Waals surface area contributed by atoms with Crippen LogP contribution >= 0.6 is 11.8 Å². The third-order valence-corrected chi connectivity index (χ3v) is 3.89. The average molecular weight is 252 g/mol. The number of likely N-dealkylation sites (N-methyl/N-ethyl adjacent to an activating group) is 1. The van der Waals surface area contributed by atoms with Crippen molar-refractivity contribution in [1.82, 2.24) is 5.32 Å². The molecule has 0 bridgehead atoms. The minimum atomic E-state index is -0.549. The highest BCUT2D eigenvalue weighted by Crippen LogP contribution is 2.36. The molecule has 17 heavy (non-hydrogen) atoms. The summed E-state index contributed by atoms with van der Waals surface area (Å²) in [7, 11) is 1.79. The Kier molecular flexibility index (Phi) is 3.71. The highest BCUT2D eigenvalue weighted by molar-refractivity contribution is 8.00. The van der Waals surface area contributed by atoms with Gasteiger partial charge >= 0.3 is 0 Å². The zero-order valence-corrected chi connectivity index (χ0v) is 10.7. The van der Waals surface area contributed by atoms with Crippen molar-refractivity contribution < 1.29 is 9.90 Å². The fourth-order valence-corrected chi connectivity index (χ4v) is 2.68. The Balaban J connectivity index is 2.25. The number of benzene rings is 1. The van der Waals surface area contributed by atoms with Crippen molar-refractivity contribution in [3.63, 3.8) is 0 Å². The number of fused-ring (bicyclic) bond motifs is 1. The third kappa shape index (κ3) is 2.62. The van der Waals surface area contributed by atoms with Crippen LogP contribution in [-0.2, 0) is 4.79 Å². The van der Waals surface area contributed by atoms with Crippen LogP contribution in [0.15, 0.2) is 23.1 Å². The lowest BCUT2D eigenvalue weighted by Gasteiger charge is -2.22. The Labute approximate surface area is 105 Å². The Bertz CT molecular complexity index is 437. The van der Waals surface area contributed by atoms with Gasteiger partial charge in [0.05, 0.1) is 17.0 Å². The lowest BCUT2D eigenvalue weighted by molar-refractivity contribution is -0.115. The molecule has 0 saturated carbocycles. The molecule has 0 fully saturated rings. The van der Waals surface area contributed by atoms with E-state index in [4.69, 9.17) is 0 Å². The molecule has 1 amide bonds. The van der Waals surface area contributed by atoms with Gasteiger partial charge in [0.25, 0.3) is 0 Å². The number of hydrogen-bond acceptors (Lipinski definition) is 4. The van der Waals surface area contributed by atoms with Crippen molar-refractivity contribution in [2.75, 3.05) is 18.9 Å². The first-order valence-electron chi connectivity index (χ1n) is 5.56. The average Bonchev–Trinajstić information content (AvgIpc) is 2.30. The van der Waals surface area contributed by atoms with E-state index in [1.807, 2.05) is 25.1 Å². The van der Waals surface area contributed by atoms with Crippen LogP contribution < -0.4 is 10.6 Å². The number of amides is 1. The molecule has 92 valence electrons. The first-order valence-corrected chi connectivity index (χ1v) is 6.44. The molecule has 5 heteroatoms. The van der Waals surface area contributed by atoms with Crippen molar-refractivity contribution >= 4 is 23.4 Å². The van der Waals surface area contributed by atoms with Gasteiger partial charge in [-0.15, -0.1) is 11.8 Å². The van der Waals surface area contributed by atoms with Gasteiger partial charge in [0, 0.05) is 11.4 Å². The topological polar surface area (TPSA) is 61.4 Å². The number of thioether (sulfide) groups is 1. The van der Waals surface area contributed by atoms with Crippen LogP contribution in [0.2, 0.25) is 0 Å². The molecule has 2 atom stereocenters. The van der Waals surface area contributed by atoms with Crippen molar-refractivity contribution in [2.45, 2.75) is 23.2 Å². The fourth-order valence-electron chi connectivity index (χ4n) is 1.74. The molecule has 4 nitrogen and oxygen atoms in total. The second-order valence-electron chi connectivity index (χ2n) is 4.08. The predicted octanol–water partition coefficient (Wildman–Crippen LogP) is 1.37. The van der Waals surface area contributed by atoms with Crippen LogP contribution in [0.4, 0.5) is 5.69 Å². The van der Waals surface area contributed by atoms with E-state index in [0.29, 0.717) is 6.54 Å². The van der Waals surface area contributed by atoms with Gasteiger partial charge in [-0.2, -0.15) is 0 Å². The number of nitrogens with one attached hydrogen (secondary N) is 2. The van der Waals surface area contributed by atoms with Crippen LogP contribution in [0.5, 0.6) is 0 Å². The lowest BCUT2D eigenvalue weighted by Crippen LogP contribution is -2.26. The first-order chi connectivity index (χ1) is 8.11. The molecule has 2 unspecified atom stereocenters. The standard InChI is InChI=1S/C12H16N2O2S/c1-7-12(16)14-9-5-8(10(15)6-13-2)3-4-11(9)17-7/h3-5,7,10,13,15H,6H2,1-2H3,(H,14,16). The van der Waals surface area contributed by atoms with Gasteiger partial charge in [-0.1, -0.05) is 6.07 Å². The summed E-state index contributed by atoms with van der Waals surface area (Å²) in [5.74, 6) is 0.0164. The van der Waals surface area contributed by atoms with Crippen LogP contribution in [0, 0.1) is 0 Å². The van der Waals surface area contributed by atoms with Gasteiger partial charge in [-0.3, -0.25) is 4.79 Å². The number of aliphatic hydroxyl groups excluding tert-OH is 1. The highest BCUT2D eigenvalue weighted by atomic mass is 32.2. The minimum absolute atomic E-state index is 0.0164. The van der Waals surface area contributed by atoms with E-state index < -0.39 is 6.10 Å². The lowest BCUT2D eigenvalue weighted by atomic mass is 10.1. The van der Waals surface area contributed by atoms with Gasteiger partial charge in [0.15, 0.2) is 0 Å². The molecule has 2 rings (SSSR count). The summed E-state index contributed by atoms with van der Waals surface area (Å²) in [5, 5.41) is 15.6. The summed E-state index contributed by atoms with van der Waals surface area (Å²) in [4.78, 5) is 12.6. The predicted molar refractivity (Wildman–Crippen MR) is 69.3 cm³/mol. The summed E-state index contributed by atoms with van der Waals surface area (Å²) in [6, 6.07) is 5.69. The Hall–Kier alpha value is -1.04. The molecule has 0 radical (unpaired) electrons. The molecule has 3 N–H and O–H groups in total. The smallest absolute Gasteiger partial charge is 0.237 e. The Morgan fingerprint density at radius 3 is 3.06 bits per heavy atom. The van der Waals surface area contributed by atoms with Crippen LogP contribution in [0.1, 0.15) is 18.6 Å². The largest absolute Gasteiger partial charge is 0.387 e. The maximum Gasteiger partial charge on any atom is 0.237 e. The maximum atomic E-state index is 11.6. The molecule has 1 aromatic rings. The van der Waals surface area contributed by atoms with Gasteiger partial charge in [0.1, 0.15) is 0 Å². The zero-order valence-electron chi connectivity index (χ0n) is 9.86. The highest BCUT2D eigenvalue weighted by Gasteiger charge is 2.23. The molecule has 1 heterocycles. The number of hydrogen-bond donors (Lipinski definition) is 3. The van der Waals surface area contributed by atoms with Gasteiger partial charge in [0.2, 0.25) is 5.91 Å². The minimum Gasteiger partial charge on any atom is -0.387 e. The summed E-state index contributed by atoms with van der Waals surface area (Å²) in [5.41, 5.74) is 1.61. The molecule has 0 spiro atoms. The maximum absolute atomic E-state index is 11.6. The monoisotopic (exact) mass is 252 g/mol. The van der Waals surface area contributed by atoms with Crippen LogP contribution in [0.25, 0.3) is 0 Å². The number of carbonyl (C=O) groups is 1. The molecule has 1 aliphatic rings. The molecular weight excluding hydrogens is 236 g/mol. The van der Waals surface area contributed by atoms with Crippen molar-refractivity contribution in [2.24, 2.45) is 0 Å². The summed E-state index contributed by atoms with van der Waals surface area (Å²) in [6.45, 7) is 2.38. The van der Waals surface area contributed by atoms with Crippen molar-refractivity contribution in [3.05, 3.63) is 23.8 Å². The van der Waals surface area contributed by atoms with Crippen molar-refractivity contribution in [3.8, 4) is 0 Å². The molecule has 0 aromatic heterocycles. The molecule has 1 aliphatic heterocycles. The van der Waals surface area contributed by atoms with E-state index in [1.54, 1.807) is 18.8 Å². The number of anilines is 1. The fraction of sp³-hybridized carbons (Fsp3) is 0.417. The quantitative estimate of drug-likeness (QED) is 0.760. The Morgan fingerprint density at radius 2 is 2.35 bits per heavy atom. The van der Waals surface area contributed by atoms with E-state index in [1.165, 1.54) is 0 Å². The van der Waals surface area contributed by atoms with Gasteiger partial charge in [-0.25, -0.2) is 0 Å². The molecule has 0 saturated heterocycles. The zero-order chi connectivity index (χ0) is 12.4. The summed E-state index contributed by atoms with van der Waals surface area (Å²) < 4.78 is 0. The number of rotatable bonds is 3. The van der Waals surface area contributed by atoms with Crippen LogP contribution in [-0.4, -0.2) is 29.9 Å². The second kappa shape index (κ2) is 5.08. The van der Waals surface area contributed by atoms with E-state index >= 15 is 0 Å². The van der Waals surface area contributed by atoms with E-state index in [0.717, 1.165) is 16.1 Å². The second-order valence-corrected chi connectivity index (χ2v) is 5.46. The van der Waals surface area contributed by atoms with E-state index in [-0.39, 0.29) is 11.2 Å².